The number of hydrogen-bond acceptors (Lipinski definition) is 6. The van der Waals surface area contributed by atoms with Gasteiger partial charge in [-0.2, -0.15) is 4.98 Å². The Morgan fingerprint density at radius 3 is 3.00 bits per heavy atom. The molecule has 24 heavy (non-hydrogen) atoms. The number of benzene rings is 1. The van der Waals surface area contributed by atoms with Crippen molar-refractivity contribution in [2.45, 2.75) is 13.5 Å². The zero-order chi connectivity index (χ0) is 16.5. The molecular weight excluding hydrogens is 308 g/mol. The van der Waals surface area contributed by atoms with Crippen LogP contribution < -0.4 is 9.64 Å². The van der Waals surface area contributed by atoms with E-state index in [1.165, 1.54) is 0 Å². The summed E-state index contributed by atoms with van der Waals surface area (Å²) < 4.78 is 10.8. The summed E-state index contributed by atoms with van der Waals surface area (Å²) in [5, 5.41) is 3.93. The quantitative estimate of drug-likeness (QED) is 0.736. The molecule has 1 amide bonds. The Morgan fingerprint density at radius 2 is 2.17 bits per heavy atom. The van der Waals surface area contributed by atoms with Crippen LogP contribution in [0.2, 0.25) is 0 Å². The highest BCUT2D eigenvalue weighted by atomic mass is 16.5. The molecule has 0 saturated heterocycles. The SMILES string of the molecule is Cc1ccc2c(c1)OCC(=O)N2Cc1nc(-c2ccccn2)no1. The molecule has 0 saturated carbocycles. The fourth-order valence-electron chi connectivity index (χ4n) is 2.54. The van der Waals surface area contributed by atoms with E-state index >= 15 is 0 Å². The first-order chi connectivity index (χ1) is 11.7. The van der Waals surface area contributed by atoms with Gasteiger partial charge in [-0.3, -0.25) is 14.7 Å². The minimum Gasteiger partial charge on any atom is -0.482 e. The number of anilines is 1. The summed E-state index contributed by atoms with van der Waals surface area (Å²) in [7, 11) is 0. The Kier molecular flexibility index (Phi) is 3.45. The Balaban J connectivity index is 1.62. The maximum absolute atomic E-state index is 12.2. The molecule has 2 aromatic heterocycles. The molecule has 0 atom stereocenters. The molecule has 0 fully saturated rings. The fraction of sp³-hybridized carbons (Fsp3) is 0.176. The number of carbonyl (C=O) groups excluding carboxylic acids is 1. The van der Waals surface area contributed by atoms with Crippen LogP contribution in [-0.2, 0) is 11.3 Å². The number of nitrogens with zero attached hydrogens (tertiary/aromatic N) is 4. The van der Waals surface area contributed by atoms with Gasteiger partial charge in [-0.25, -0.2) is 0 Å². The first-order valence-electron chi connectivity index (χ1n) is 7.48. The molecule has 0 bridgehead atoms. The van der Waals surface area contributed by atoms with Crippen LogP contribution in [0, 0.1) is 6.92 Å². The molecule has 0 unspecified atom stereocenters. The van der Waals surface area contributed by atoms with Gasteiger partial charge in [0.1, 0.15) is 18.0 Å². The van der Waals surface area contributed by atoms with Crippen molar-refractivity contribution in [3.8, 4) is 17.3 Å². The van der Waals surface area contributed by atoms with Crippen LogP contribution in [-0.4, -0.2) is 27.6 Å². The molecular formula is C17H14N4O3. The second-order valence-corrected chi connectivity index (χ2v) is 5.47. The predicted octanol–water partition coefficient (Wildman–Crippen LogP) is 2.37. The second kappa shape index (κ2) is 5.77. The zero-order valence-corrected chi connectivity index (χ0v) is 13.0. The number of fused-ring (bicyclic) bond motifs is 1. The lowest BCUT2D eigenvalue weighted by Crippen LogP contribution is -2.38. The van der Waals surface area contributed by atoms with Crippen molar-refractivity contribution in [2.75, 3.05) is 11.5 Å². The van der Waals surface area contributed by atoms with Gasteiger partial charge in [0.05, 0.1) is 5.69 Å². The number of hydrogen-bond donors (Lipinski definition) is 0. The van der Waals surface area contributed by atoms with Crippen LogP contribution in [0.4, 0.5) is 5.69 Å². The highest BCUT2D eigenvalue weighted by Gasteiger charge is 2.27. The smallest absolute Gasteiger partial charge is 0.265 e. The number of ether oxygens (including phenoxy) is 1. The summed E-state index contributed by atoms with van der Waals surface area (Å²) in [5.74, 6) is 1.27. The van der Waals surface area contributed by atoms with Gasteiger partial charge in [0.25, 0.3) is 5.91 Å². The molecule has 3 aromatic rings. The van der Waals surface area contributed by atoms with E-state index in [1.54, 1.807) is 17.2 Å². The molecule has 0 radical (unpaired) electrons. The lowest BCUT2D eigenvalue weighted by molar-refractivity contribution is -0.121. The summed E-state index contributed by atoms with van der Waals surface area (Å²) in [5.41, 5.74) is 2.39. The van der Waals surface area contributed by atoms with Crippen molar-refractivity contribution < 1.29 is 14.1 Å². The summed E-state index contributed by atoms with van der Waals surface area (Å²) >= 11 is 0. The van der Waals surface area contributed by atoms with Crippen molar-refractivity contribution >= 4 is 11.6 Å². The van der Waals surface area contributed by atoms with E-state index in [-0.39, 0.29) is 19.1 Å². The van der Waals surface area contributed by atoms with E-state index in [0.29, 0.717) is 28.8 Å². The molecule has 3 heterocycles. The van der Waals surface area contributed by atoms with Crippen molar-refractivity contribution in [2.24, 2.45) is 0 Å². The third-order valence-electron chi connectivity index (χ3n) is 3.71. The second-order valence-electron chi connectivity index (χ2n) is 5.47. The number of carbonyl (C=O) groups is 1. The van der Waals surface area contributed by atoms with Crippen LogP contribution in [0.3, 0.4) is 0 Å². The molecule has 120 valence electrons. The van der Waals surface area contributed by atoms with Crippen LogP contribution in [0.15, 0.2) is 47.1 Å². The number of amides is 1. The Hall–Kier alpha value is -3.22. The molecule has 1 aliphatic rings. The van der Waals surface area contributed by atoms with Gasteiger partial charge in [-0.05, 0) is 36.8 Å². The fourth-order valence-corrected chi connectivity index (χ4v) is 2.54. The predicted molar refractivity (Wildman–Crippen MR) is 85.4 cm³/mol. The molecule has 1 aromatic carbocycles. The Labute approximate surface area is 137 Å². The standard InChI is InChI=1S/C17H14N4O3/c1-11-5-6-13-14(8-11)23-10-16(22)21(13)9-15-19-17(20-24-15)12-4-2-3-7-18-12/h2-8H,9-10H2,1H3. The summed E-state index contributed by atoms with van der Waals surface area (Å²) in [6.07, 6.45) is 1.66. The van der Waals surface area contributed by atoms with Crippen LogP contribution in [0.25, 0.3) is 11.5 Å². The molecule has 1 aliphatic heterocycles. The van der Waals surface area contributed by atoms with Crippen LogP contribution in [0.1, 0.15) is 11.5 Å². The van der Waals surface area contributed by atoms with E-state index < -0.39 is 0 Å². The third kappa shape index (κ3) is 2.60. The molecule has 7 nitrogen and oxygen atoms in total. The van der Waals surface area contributed by atoms with E-state index in [4.69, 9.17) is 9.26 Å². The van der Waals surface area contributed by atoms with Gasteiger partial charge in [0, 0.05) is 6.20 Å². The Morgan fingerprint density at radius 1 is 1.25 bits per heavy atom. The molecule has 7 heteroatoms. The highest BCUT2D eigenvalue weighted by molar-refractivity contribution is 5.97. The number of aryl methyl sites for hydroxylation is 1. The van der Waals surface area contributed by atoms with Gasteiger partial charge in [-0.15, -0.1) is 0 Å². The largest absolute Gasteiger partial charge is 0.482 e. The summed E-state index contributed by atoms with van der Waals surface area (Å²) in [4.78, 5) is 22.3. The molecule has 0 spiro atoms. The van der Waals surface area contributed by atoms with E-state index in [2.05, 4.69) is 15.1 Å². The van der Waals surface area contributed by atoms with Crippen molar-refractivity contribution in [3.05, 3.63) is 54.0 Å². The molecule has 0 N–H and O–H groups in total. The number of pyridine rings is 1. The van der Waals surface area contributed by atoms with Gasteiger partial charge in [0.2, 0.25) is 11.7 Å². The maximum Gasteiger partial charge on any atom is 0.265 e. The average molecular weight is 322 g/mol. The van der Waals surface area contributed by atoms with Gasteiger partial charge >= 0.3 is 0 Å². The summed E-state index contributed by atoms with van der Waals surface area (Å²) in [6.45, 7) is 2.16. The van der Waals surface area contributed by atoms with Gasteiger partial charge < -0.3 is 9.26 Å². The minimum absolute atomic E-state index is 0.00229. The Bertz CT molecular complexity index is 892. The van der Waals surface area contributed by atoms with Crippen LogP contribution in [0.5, 0.6) is 5.75 Å². The van der Waals surface area contributed by atoms with Crippen LogP contribution >= 0.6 is 0 Å². The molecule has 4 rings (SSSR count). The normalized spacial score (nSPS) is 13.5. The monoisotopic (exact) mass is 322 g/mol. The first kappa shape index (κ1) is 14.4. The number of aromatic nitrogens is 3. The van der Waals surface area contributed by atoms with Crippen molar-refractivity contribution in [3.63, 3.8) is 0 Å². The van der Waals surface area contributed by atoms with E-state index in [0.717, 1.165) is 5.56 Å². The van der Waals surface area contributed by atoms with Gasteiger partial charge in [-0.1, -0.05) is 17.3 Å². The van der Waals surface area contributed by atoms with E-state index in [1.807, 2.05) is 37.3 Å². The minimum atomic E-state index is -0.149. The lowest BCUT2D eigenvalue weighted by atomic mass is 10.1. The van der Waals surface area contributed by atoms with Crippen molar-refractivity contribution in [1.82, 2.24) is 15.1 Å². The molecule has 0 aliphatic carbocycles. The third-order valence-corrected chi connectivity index (χ3v) is 3.71. The summed E-state index contributed by atoms with van der Waals surface area (Å²) in [6, 6.07) is 11.2. The number of rotatable bonds is 3. The highest BCUT2D eigenvalue weighted by Crippen LogP contribution is 2.33. The zero-order valence-electron chi connectivity index (χ0n) is 13.0. The van der Waals surface area contributed by atoms with Crippen molar-refractivity contribution in [1.29, 1.82) is 0 Å². The average Bonchev–Trinajstić information content (AvgIpc) is 3.07. The maximum atomic E-state index is 12.2. The van der Waals surface area contributed by atoms with Gasteiger partial charge in [0.15, 0.2) is 6.61 Å². The topological polar surface area (TPSA) is 81.4 Å². The van der Waals surface area contributed by atoms with E-state index in [9.17, 15) is 4.79 Å². The first-order valence-corrected chi connectivity index (χ1v) is 7.48. The lowest BCUT2D eigenvalue weighted by Gasteiger charge is -2.28.